The van der Waals surface area contributed by atoms with E-state index in [0.29, 0.717) is 0 Å². The molecule has 0 aliphatic carbocycles. The number of aromatic amines is 1. The van der Waals surface area contributed by atoms with E-state index < -0.39 is 0 Å². The van der Waals surface area contributed by atoms with Gasteiger partial charge in [-0.2, -0.15) is 0 Å². The highest BCUT2D eigenvalue weighted by atomic mass is 14.9. The van der Waals surface area contributed by atoms with Crippen molar-refractivity contribution in [2.75, 3.05) is 13.1 Å². The van der Waals surface area contributed by atoms with Gasteiger partial charge in [-0.1, -0.05) is 19.1 Å². The molecule has 16 heavy (non-hydrogen) atoms. The molecule has 1 aromatic carbocycles. The SMILES string of the molecule is CCc1ccc2[nH]cc(C3=CCNC3)c2c1. The molecule has 0 spiro atoms. The summed E-state index contributed by atoms with van der Waals surface area (Å²) in [5.41, 5.74) is 5.41. The molecule has 0 unspecified atom stereocenters. The second-order valence-corrected chi connectivity index (χ2v) is 4.30. The van der Waals surface area contributed by atoms with Crippen LogP contribution in [-0.4, -0.2) is 18.1 Å². The van der Waals surface area contributed by atoms with Crippen molar-refractivity contribution in [3.8, 4) is 0 Å². The molecule has 2 nitrogen and oxygen atoms in total. The Morgan fingerprint density at radius 1 is 1.31 bits per heavy atom. The first-order valence-corrected chi connectivity index (χ1v) is 5.88. The second kappa shape index (κ2) is 3.80. The molecule has 82 valence electrons. The fourth-order valence-electron chi connectivity index (χ4n) is 2.33. The van der Waals surface area contributed by atoms with E-state index in [9.17, 15) is 0 Å². The van der Waals surface area contributed by atoms with Gasteiger partial charge >= 0.3 is 0 Å². The van der Waals surface area contributed by atoms with E-state index in [-0.39, 0.29) is 0 Å². The predicted molar refractivity (Wildman–Crippen MR) is 68.5 cm³/mol. The number of aryl methyl sites for hydroxylation is 1. The molecule has 2 N–H and O–H groups in total. The van der Waals surface area contributed by atoms with Crippen LogP contribution in [0.4, 0.5) is 0 Å². The number of benzene rings is 1. The summed E-state index contributed by atoms with van der Waals surface area (Å²) in [6.07, 6.45) is 5.50. The highest BCUT2D eigenvalue weighted by molar-refractivity contribution is 5.93. The van der Waals surface area contributed by atoms with E-state index in [1.807, 2.05) is 0 Å². The molecule has 1 aromatic heterocycles. The summed E-state index contributed by atoms with van der Waals surface area (Å²) < 4.78 is 0. The minimum Gasteiger partial charge on any atom is -0.361 e. The van der Waals surface area contributed by atoms with Gasteiger partial charge in [0.2, 0.25) is 0 Å². The van der Waals surface area contributed by atoms with Crippen molar-refractivity contribution in [3.63, 3.8) is 0 Å². The third-order valence-electron chi connectivity index (χ3n) is 3.31. The molecule has 1 aliphatic rings. The van der Waals surface area contributed by atoms with Crippen LogP contribution in [0.3, 0.4) is 0 Å². The highest BCUT2D eigenvalue weighted by Crippen LogP contribution is 2.27. The Hall–Kier alpha value is -1.54. The fraction of sp³-hybridized carbons (Fsp3) is 0.286. The van der Waals surface area contributed by atoms with E-state index in [1.165, 1.54) is 27.6 Å². The molecule has 1 aliphatic heterocycles. The molecular formula is C14H16N2. The molecule has 2 aromatic rings. The molecule has 0 bridgehead atoms. The van der Waals surface area contributed by atoms with Crippen molar-refractivity contribution < 1.29 is 0 Å². The maximum absolute atomic E-state index is 3.35. The average molecular weight is 212 g/mol. The van der Waals surface area contributed by atoms with Gasteiger partial charge in [0.25, 0.3) is 0 Å². The number of hydrogen-bond donors (Lipinski definition) is 2. The van der Waals surface area contributed by atoms with Gasteiger partial charge in [-0.3, -0.25) is 0 Å². The van der Waals surface area contributed by atoms with Crippen LogP contribution in [0.5, 0.6) is 0 Å². The minimum absolute atomic E-state index is 0.989. The lowest BCUT2D eigenvalue weighted by molar-refractivity contribution is 0.897. The quantitative estimate of drug-likeness (QED) is 0.787. The third kappa shape index (κ3) is 1.46. The molecule has 0 radical (unpaired) electrons. The van der Waals surface area contributed by atoms with Crippen LogP contribution in [0, 0.1) is 0 Å². The summed E-state index contributed by atoms with van der Waals surface area (Å²) in [6.45, 7) is 4.18. The highest BCUT2D eigenvalue weighted by Gasteiger charge is 2.11. The minimum atomic E-state index is 0.989. The van der Waals surface area contributed by atoms with E-state index in [2.05, 4.69) is 47.7 Å². The predicted octanol–water partition coefficient (Wildman–Crippen LogP) is 2.72. The fourth-order valence-corrected chi connectivity index (χ4v) is 2.33. The lowest BCUT2D eigenvalue weighted by Gasteiger charge is -2.01. The Morgan fingerprint density at radius 3 is 3.00 bits per heavy atom. The number of fused-ring (bicyclic) bond motifs is 1. The summed E-state index contributed by atoms with van der Waals surface area (Å²) >= 11 is 0. The topological polar surface area (TPSA) is 27.8 Å². The molecule has 0 fully saturated rings. The largest absolute Gasteiger partial charge is 0.361 e. The summed E-state index contributed by atoms with van der Waals surface area (Å²) in [5, 5.41) is 4.70. The molecule has 0 atom stereocenters. The van der Waals surface area contributed by atoms with Crippen molar-refractivity contribution in [1.29, 1.82) is 0 Å². The van der Waals surface area contributed by atoms with Crippen LogP contribution >= 0.6 is 0 Å². The van der Waals surface area contributed by atoms with E-state index in [0.717, 1.165) is 19.5 Å². The Morgan fingerprint density at radius 2 is 2.25 bits per heavy atom. The van der Waals surface area contributed by atoms with Crippen molar-refractivity contribution in [2.45, 2.75) is 13.3 Å². The second-order valence-electron chi connectivity index (χ2n) is 4.30. The van der Waals surface area contributed by atoms with Crippen molar-refractivity contribution in [1.82, 2.24) is 10.3 Å². The molecule has 3 rings (SSSR count). The van der Waals surface area contributed by atoms with Gasteiger partial charge in [-0.05, 0) is 29.7 Å². The first-order chi connectivity index (χ1) is 7.88. The van der Waals surface area contributed by atoms with Gasteiger partial charge < -0.3 is 10.3 Å². The maximum Gasteiger partial charge on any atom is 0.0460 e. The normalized spacial score (nSPS) is 15.7. The number of nitrogens with one attached hydrogen (secondary N) is 2. The first kappa shape index (κ1) is 9.67. The lowest BCUT2D eigenvalue weighted by atomic mass is 10.0. The number of rotatable bonds is 2. The van der Waals surface area contributed by atoms with Gasteiger partial charge in [0.05, 0.1) is 0 Å². The summed E-state index contributed by atoms with van der Waals surface area (Å²) in [5.74, 6) is 0. The molecular weight excluding hydrogens is 196 g/mol. The molecule has 0 amide bonds. The van der Waals surface area contributed by atoms with Crippen LogP contribution in [0.15, 0.2) is 30.5 Å². The van der Waals surface area contributed by atoms with Gasteiger partial charge in [0.1, 0.15) is 0 Å². The smallest absolute Gasteiger partial charge is 0.0460 e. The summed E-state index contributed by atoms with van der Waals surface area (Å²) in [7, 11) is 0. The standard InChI is InChI=1S/C14H16N2/c1-2-10-3-4-14-12(7-10)13(9-16-14)11-5-6-15-8-11/h3-5,7,9,15-16H,2,6,8H2,1H3. The van der Waals surface area contributed by atoms with Crippen molar-refractivity contribution in [2.24, 2.45) is 0 Å². The number of aromatic nitrogens is 1. The van der Waals surface area contributed by atoms with Crippen LogP contribution < -0.4 is 5.32 Å². The van der Waals surface area contributed by atoms with Crippen LogP contribution in [0.1, 0.15) is 18.1 Å². The zero-order valence-electron chi connectivity index (χ0n) is 9.51. The van der Waals surface area contributed by atoms with E-state index in [1.54, 1.807) is 0 Å². The van der Waals surface area contributed by atoms with Gasteiger partial charge in [0, 0.05) is 35.8 Å². The van der Waals surface area contributed by atoms with Gasteiger partial charge in [-0.25, -0.2) is 0 Å². The third-order valence-corrected chi connectivity index (χ3v) is 3.31. The van der Waals surface area contributed by atoms with Crippen LogP contribution in [-0.2, 0) is 6.42 Å². The average Bonchev–Trinajstić information content (AvgIpc) is 2.96. The van der Waals surface area contributed by atoms with Gasteiger partial charge in [-0.15, -0.1) is 0 Å². The summed E-state index contributed by atoms with van der Waals surface area (Å²) in [6, 6.07) is 6.69. The van der Waals surface area contributed by atoms with E-state index in [4.69, 9.17) is 0 Å². The molecule has 0 saturated heterocycles. The maximum atomic E-state index is 3.35. The first-order valence-electron chi connectivity index (χ1n) is 5.88. The lowest BCUT2D eigenvalue weighted by Crippen LogP contribution is -2.07. The van der Waals surface area contributed by atoms with Gasteiger partial charge in [0.15, 0.2) is 0 Å². The molecule has 2 heteroatoms. The summed E-state index contributed by atoms with van der Waals surface area (Å²) in [4.78, 5) is 3.35. The zero-order valence-corrected chi connectivity index (χ0v) is 9.51. The van der Waals surface area contributed by atoms with Crippen molar-refractivity contribution in [3.05, 3.63) is 41.6 Å². The Balaban J connectivity index is 2.17. The molecule has 2 heterocycles. The Bertz CT molecular complexity index is 549. The Labute approximate surface area is 95.4 Å². The monoisotopic (exact) mass is 212 g/mol. The van der Waals surface area contributed by atoms with E-state index >= 15 is 0 Å². The van der Waals surface area contributed by atoms with Crippen LogP contribution in [0.2, 0.25) is 0 Å². The zero-order chi connectivity index (χ0) is 11.0. The Kier molecular flexibility index (Phi) is 2.29. The number of hydrogen-bond acceptors (Lipinski definition) is 1. The van der Waals surface area contributed by atoms with Crippen molar-refractivity contribution >= 4 is 16.5 Å². The number of H-pyrrole nitrogens is 1. The molecule has 0 saturated carbocycles. The van der Waals surface area contributed by atoms with Crippen LogP contribution in [0.25, 0.3) is 16.5 Å².